The van der Waals surface area contributed by atoms with Gasteiger partial charge in [0.1, 0.15) is 5.76 Å². The van der Waals surface area contributed by atoms with Crippen molar-refractivity contribution in [1.82, 2.24) is 0 Å². The third-order valence-electron chi connectivity index (χ3n) is 4.53. The van der Waals surface area contributed by atoms with E-state index in [1.807, 2.05) is 18.2 Å². The summed E-state index contributed by atoms with van der Waals surface area (Å²) in [6.45, 7) is 3.94. The lowest BCUT2D eigenvalue weighted by molar-refractivity contribution is 0.0940. The molecule has 1 aliphatic carbocycles. The number of allylic oxidation sites excluding steroid dienone is 1. The van der Waals surface area contributed by atoms with Gasteiger partial charge in [0, 0.05) is 11.1 Å². The van der Waals surface area contributed by atoms with Crippen molar-refractivity contribution in [2.45, 2.75) is 5.92 Å². The zero-order valence-corrected chi connectivity index (χ0v) is 13.0. The summed E-state index contributed by atoms with van der Waals surface area (Å²) in [6.07, 6.45) is 1.54. The number of Topliss-reactive ketones (excluding diaryl/α,β-unsaturated/α-hetero) is 1. The number of aliphatic hydroxyl groups is 1. The second-order valence-electron chi connectivity index (χ2n) is 5.75. The highest BCUT2D eigenvalue weighted by molar-refractivity contribution is 6.29. The number of aliphatic hydroxyl groups excluding tert-OH is 1. The summed E-state index contributed by atoms with van der Waals surface area (Å²) in [4.78, 5) is 17.5. The number of hydrogen-bond donors (Lipinski definition) is 1. The number of rotatable bonds is 2. The van der Waals surface area contributed by atoms with Crippen molar-refractivity contribution in [3.8, 4) is 0 Å². The Kier molecular flexibility index (Phi) is 3.16. The average molecular weight is 321 g/mol. The van der Waals surface area contributed by atoms with Crippen molar-refractivity contribution in [3.05, 3.63) is 83.3 Å². The van der Waals surface area contributed by atoms with Crippen molar-refractivity contribution >= 4 is 11.5 Å². The highest BCUT2D eigenvalue weighted by Crippen LogP contribution is 2.47. The molecule has 120 valence electrons. The van der Waals surface area contributed by atoms with Gasteiger partial charge < -0.3 is 14.3 Å². The molecule has 1 aromatic carbocycles. The second kappa shape index (κ2) is 5.23. The monoisotopic (exact) mass is 321 g/mol. The molecule has 2 atom stereocenters. The van der Waals surface area contributed by atoms with E-state index in [1.165, 1.54) is 13.4 Å². The van der Waals surface area contributed by atoms with Gasteiger partial charge in [0.05, 0.1) is 42.2 Å². The van der Waals surface area contributed by atoms with Crippen LogP contribution in [-0.2, 0) is 4.74 Å². The van der Waals surface area contributed by atoms with Crippen LogP contribution in [0.15, 0.2) is 75.9 Å². The molecule has 1 aromatic heterocycles. The average Bonchev–Trinajstić information content (AvgIpc) is 3.22. The highest BCUT2D eigenvalue weighted by atomic mass is 16.6. The van der Waals surface area contributed by atoms with Crippen molar-refractivity contribution in [2.24, 2.45) is 10.9 Å². The van der Waals surface area contributed by atoms with E-state index in [1.54, 1.807) is 18.2 Å². The topological polar surface area (TPSA) is 72.0 Å². The first-order valence-electron chi connectivity index (χ1n) is 7.55. The molecule has 5 heteroatoms. The van der Waals surface area contributed by atoms with E-state index in [0.29, 0.717) is 28.3 Å². The molecular weight excluding hydrogens is 306 g/mol. The molecule has 0 bridgehead atoms. The Labute approximate surface area is 138 Å². The van der Waals surface area contributed by atoms with E-state index >= 15 is 0 Å². The van der Waals surface area contributed by atoms with Crippen LogP contribution >= 0.6 is 0 Å². The van der Waals surface area contributed by atoms with Gasteiger partial charge in [-0.2, -0.15) is 0 Å². The summed E-state index contributed by atoms with van der Waals surface area (Å²) in [5.74, 6) is -0.868. The van der Waals surface area contributed by atoms with Crippen LogP contribution < -0.4 is 0 Å². The maximum atomic E-state index is 13.0. The molecule has 4 rings (SSSR count). The first-order chi connectivity index (χ1) is 11.6. The van der Waals surface area contributed by atoms with E-state index in [-0.39, 0.29) is 11.7 Å². The molecule has 0 saturated carbocycles. The van der Waals surface area contributed by atoms with Crippen molar-refractivity contribution in [3.63, 3.8) is 0 Å². The number of aliphatic imine (C=N–C) groups is 1. The molecule has 2 heterocycles. The maximum Gasteiger partial charge on any atom is 0.282 e. The number of hydrogen-bond acceptors (Lipinski definition) is 5. The van der Waals surface area contributed by atoms with Crippen molar-refractivity contribution < 1.29 is 19.1 Å². The van der Waals surface area contributed by atoms with Gasteiger partial charge in [-0.1, -0.05) is 30.8 Å². The number of furan rings is 1. The molecule has 2 aliphatic rings. The number of carbonyl (C=O) groups is 1. The summed E-state index contributed by atoms with van der Waals surface area (Å²) < 4.78 is 10.6. The predicted molar refractivity (Wildman–Crippen MR) is 88.1 cm³/mol. The van der Waals surface area contributed by atoms with Gasteiger partial charge in [-0.05, 0) is 12.1 Å². The third-order valence-corrected chi connectivity index (χ3v) is 4.53. The summed E-state index contributed by atoms with van der Waals surface area (Å²) in [5, 5.41) is 10.2. The first kappa shape index (κ1) is 14.5. The molecule has 0 radical (unpaired) electrons. The second-order valence-corrected chi connectivity index (χ2v) is 5.75. The zero-order valence-electron chi connectivity index (χ0n) is 13.0. The van der Waals surface area contributed by atoms with Crippen LogP contribution in [-0.4, -0.2) is 23.7 Å². The highest BCUT2D eigenvalue weighted by Gasteiger charge is 2.49. The van der Waals surface area contributed by atoms with E-state index < -0.39 is 11.8 Å². The lowest BCUT2D eigenvalue weighted by atomic mass is 9.77. The Morgan fingerprint density at radius 3 is 2.62 bits per heavy atom. The number of ketones is 1. The lowest BCUT2D eigenvalue weighted by Gasteiger charge is -2.28. The Hall–Kier alpha value is -3.08. The molecule has 24 heavy (non-hydrogen) atoms. The predicted octanol–water partition coefficient (Wildman–Crippen LogP) is 3.61. The normalized spacial score (nSPS) is 24.3. The minimum atomic E-state index is -0.564. The lowest BCUT2D eigenvalue weighted by Crippen LogP contribution is -2.30. The standard InChI is InChI=1S/C19H15NO4/c1-10-14(19(22)23-2)15(13-8-5-9-24-13)16-17(20-10)11-6-3-4-7-12(11)18(16)21/h3-9,15-16,22H,1H2,2H3/b19-14+/t15-,16?/m0/s1. The quantitative estimate of drug-likeness (QED) is 0.858. The first-order valence-corrected chi connectivity index (χ1v) is 7.55. The van der Waals surface area contributed by atoms with Crippen molar-refractivity contribution in [1.29, 1.82) is 0 Å². The van der Waals surface area contributed by atoms with Gasteiger partial charge in [0.25, 0.3) is 5.95 Å². The number of ether oxygens (including phenoxy) is 1. The van der Waals surface area contributed by atoms with Crippen molar-refractivity contribution in [2.75, 3.05) is 7.11 Å². The molecule has 1 aliphatic heterocycles. The van der Waals surface area contributed by atoms with Crippen LogP contribution in [0.2, 0.25) is 0 Å². The van der Waals surface area contributed by atoms with Crippen LogP contribution in [0.3, 0.4) is 0 Å². The van der Waals surface area contributed by atoms with Gasteiger partial charge in [-0.3, -0.25) is 9.79 Å². The molecule has 0 saturated heterocycles. The van der Waals surface area contributed by atoms with E-state index in [0.717, 1.165) is 5.56 Å². The largest absolute Gasteiger partial charge is 0.481 e. The molecule has 1 N–H and O–H groups in total. The fourth-order valence-corrected chi connectivity index (χ4v) is 3.51. The Morgan fingerprint density at radius 1 is 1.21 bits per heavy atom. The number of carbonyl (C=O) groups excluding carboxylic acids is 1. The smallest absolute Gasteiger partial charge is 0.282 e. The SMILES string of the molecule is C=C1N=C2c3ccccc3C(=O)C2[C@@H](c2ccco2)/C1=C(\O)OC. The number of methoxy groups -OCH3 is 1. The molecule has 0 amide bonds. The fraction of sp³-hybridized carbons (Fsp3) is 0.158. The fourth-order valence-electron chi connectivity index (χ4n) is 3.51. The minimum Gasteiger partial charge on any atom is -0.481 e. The van der Waals surface area contributed by atoms with Crippen LogP contribution in [0.4, 0.5) is 0 Å². The van der Waals surface area contributed by atoms with E-state index in [4.69, 9.17) is 9.15 Å². The van der Waals surface area contributed by atoms with Gasteiger partial charge in [-0.15, -0.1) is 0 Å². The molecule has 5 nitrogen and oxygen atoms in total. The van der Waals surface area contributed by atoms with Crippen LogP contribution in [0.25, 0.3) is 0 Å². The molecule has 1 unspecified atom stereocenters. The van der Waals surface area contributed by atoms with Gasteiger partial charge in [0.15, 0.2) is 5.78 Å². The van der Waals surface area contributed by atoms with Gasteiger partial charge in [-0.25, -0.2) is 0 Å². The summed E-state index contributed by atoms with van der Waals surface area (Å²) >= 11 is 0. The molecule has 2 aromatic rings. The Morgan fingerprint density at radius 2 is 1.96 bits per heavy atom. The maximum absolute atomic E-state index is 13.0. The summed E-state index contributed by atoms with van der Waals surface area (Å²) in [5.41, 5.74) is 2.84. The molecule has 0 spiro atoms. The van der Waals surface area contributed by atoms with E-state index in [9.17, 15) is 9.90 Å². The van der Waals surface area contributed by atoms with Crippen LogP contribution in [0.1, 0.15) is 27.6 Å². The van der Waals surface area contributed by atoms with E-state index in [2.05, 4.69) is 11.6 Å². The number of benzene rings is 1. The summed E-state index contributed by atoms with van der Waals surface area (Å²) in [7, 11) is 1.36. The Bertz CT molecular complexity index is 905. The molecular formula is C19H15NO4. The third kappa shape index (κ3) is 1.88. The van der Waals surface area contributed by atoms with Gasteiger partial charge >= 0.3 is 0 Å². The molecule has 0 fully saturated rings. The summed E-state index contributed by atoms with van der Waals surface area (Å²) in [6, 6.07) is 10.9. The van der Waals surface area contributed by atoms with Gasteiger partial charge in [0.2, 0.25) is 0 Å². The minimum absolute atomic E-state index is 0.0420. The van der Waals surface area contributed by atoms with Crippen LogP contribution in [0.5, 0.6) is 0 Å². The number of nitrogens with zero attached hydrogens (tertiary/aromatic N) is 1. The zero-order chi connectivity index (χ0) is 16.8. The van der Waals surface area contributed by atoms with Crippen LogP contribution in [0, 0.1) is 5.92 Å². The number of fused-ring (bicyclic) bond motifs is 3. The Balaban J connectivity index is 1.98.